The quantitative estimate of drug-likeness (QED) is 0.807. The normalized spacial score (nSPS) is 23.4. The van der Waals surface area contributed by atoms with E-state index in [1.807, 2.05) is 36.1 Å². The van der Waals surface area contributed by atoms with Gasteiger partial charge in [-0.1, -0.05) is 18.2 Å². The van der Waals surface area contributed by atoms with Gasteiger partial charge in [0, 0.05) is 49.5 Å². The summed E-state index contributed by atoms with van der Waals surface area (Å²) in [5, 5.41) is 10.3. The van der Waals surface area contributed by atoms with Gasteiger partial charge in [0.1, 0.15) is 5.69 Å². The van der Waals surface area contributed by atoms with E-state index in [-0.39, 0.29) is 18.2 Å². The fourth-order valence-corrected chi connectivity index (χ4v) is 4.84. The Morgan fingerprint density at radius 1 is 1.21 bits per heavy atom. The van der Waals surface area contributed by atoms with Gasteiger partial charge in [0.25, 0.3) is 5.91 Å². The van der Waals surface area contributed by atoms with E-state index in [9.17, 15) is 14.7 Å². The number of H-pyrrole nitrogens is 1. The van der Waals surface area contributed by atoms with Crippen molar-refractivity contribution < 1.29 is 19.4 Å². The molecule has 1 amide bonds. The molecule has 3 heterocycles. The van der Waals surface area contributed by atoms with Gasteiger partial charge < -0.3 is 19.7 Å². The Hall–Kier alpha value is -2.38. The Kier molecular flexibility index (Phi) is 5.87. The molecule has 29 heavy (non-hydrogen) atoms. The van der Waals surface area contributed by atoms with E-state index in [1.165, 1.54) is 0 Å². The number of ether oxygens (including phenoxy) is 1. The van der Waals surface area contributed by atoms with Crippen LogP contribution in [0, 0.1) is 12.8 Å². The first-order valence-corrected chi connectivity index (χ1v) is 10.4. The molecule has 1 aromatic heterocycles. The minimum absolute atomic E-state index is 0.0134. The number of piperidine rings is 1. The summed E-state index contributed by atoms with van der Waals surface area (Å²) in [4.78, 5) is 32.1. The smallest absolute Gasteiger partial charge is 0.303 e. The van der Waals surface area contributed by atoms with Gasteiger partial charge >= 0.3 is 5.97 Å². The molecule has 2 atom stereocenters. The first-order valence-electron chi connectivity index (χ1n) is 10.4. The molecule has 2 aliphatic rings. The van der Waals surface area contributed by atoms with Crippen molar-refractivity contribution in [1.82, 2.24) is 14.8 Å². The summed E-state index contributed by atoms with van der Waals surface area (Å²) in [6, 6.07) is 8.26. The maximum absolute atomic E-state index is 13.3. The number of aromatic amines is 1. The van der Waals surface area contributed by atoms with Gasteiger partial charge in [-0.15, -0.1) is 0 Å². The van der Waals surface area contributed by atoms with Crippen molar-refractivity contribution in [3.05, 3.63) is 35.5 Å². The molecule has 2 aliphatic heterocycles. The molecule has 2 fully saturated rings. The van der Waals surface area contributed by atoms with Crippen molar-refractivity contribution in [2.45, 2.75) is 32.2 Å². The number of fused-ring (bicyclic) bond motifs is 1. The Labute approximate surface area is 170 Å². The number of aliphatic carboxylic acids is 1. The average molecular weight is 399 g/mol. The lowest BCUT2D eigenvalue weighted by atomic mass is 9.86. The number of rotatable bonds is 5. The zero-order chi connectivity index (χ0) is 20.4. The number of amides is 1. The zero-order valence-electron chi connectivity index (χ0n) is 16.9. The Morgan fingerprint density at radius 2 is 1.97 bits per heavy atom. The van der Waals surface area contributed by atoms with Crippen LogP contribution in [-0.2, 0) is 9.53 Å². The molecule has 2 aromatic rings. The molecule has 2 N–H and O–H groups in total. The van der Waals surface area contributed by atoms with E-state index in [0.717, 1.165) is 49.2 Å². The first-order chi connectivity index (χ1) is 14.0. The van der Waals surface area contributed by atoms with Crippen LogP contribution in [0.5, 0.6) is 0 Å². The fourth-order valence-electron chi connectivity index (χ4n) is 4.84. The number of aryl methyl sites for hydroxylation is 1. The molecule has 7 heteroatoms. The van der Waals surface area contributed by atoms with Gasteiger partial charge in [-0.3, -0.25) is 14.5 Å². The number of morpholine rings is 1. The number of nitrogens with one attached hydrogen (secondary N) is 1. The molecule has 4 rings (SSSR count). The van der Waals surface area contributed by atoms with Gasteiger partial charge in [-0.05, 0) is 37.3 Å². The number of hydrogen-bond donors (Lipinski definition) is 2. The van der Waals surface area contributed by atoms with Crippen LogP contribution >= 0.6 is 0 Å². The predicted octanol–water partition coefficient (Wildman–Crippen LogP) is 2.50. The maximum Gasteiger partial charge on any atom is 0.303 e. The van der Waals surface area contributed by atoms with Gasteiger partial charge in [0.15, 0.2) is 0 Å². The largest absolute Gasteiger partial charge is 0.481 e. The third-order valence-corrected chi connectivity index (χ3v) is 6.40. The lowest BCUT2D eigenvalue weighted by molar-refractivity contribution is -0.137. The number of carbonyl (C=O) groups is 2. The van der Waals surface area contributed by atoms with Crippen LogP contribution in [0.25, 0.3) is 10.9 Å². The SMILES string of the molecule is Cc1c(C(=O)N2CC[C@H](N3CCOCC3)[C@H](CCC(=O)O)C2)[nH]c2ccccc12. The third kappa shape index (κ3) is 4.16. The number of carboxylic acids is 1. The summed E-state index contributed by atoms with van der Waals surface area (Å²) in [6.45, 7) is 6.47. The monoisotopic (exact) mass is 399 g/mol. The number of carboxylic acid groups (broad SMARTS) is 1. The van der Waals surface area contributed by atoms with Crippen LogP contribution in [0.3, 0.4) is 0 Å². The lowest BCUT2D eigenvalue weighted by Gasteiger charge is -2.45. The van der Waals surface area contributed by atoms with Crippen molar-refractivity contribution in [1.29, 1.82) is 0 Å². The van der Waals surface area contributed by atoms with Crippen LogP contribution in [0.15, 0.2) is 24.3 Å². The summed E-state index contributed by atoms with van der Waals surface area (Å²) >= 11 is 0. The van der Waals surface area contributed by atoms with Crippen LogP contribution in [0.2, 0.25) is 0 Å². The first kappa shape index (κ1) is 19.9. The van der Waals surface area contributed by atoms with Crippen molar-refractivity contribution in [3.8, 4) is 0 Å². The molecule has 0 bridgehead atoms. The van der Waals surface area contributed by atoms with E-state index in [4.69, 9.17) is 4.74 Å². The number of para-hydroxylation sites is 1. The van der Waals surface area contributed by atoms with Crippen molar-refractivity contribution in [2.24, 2.45) is 5.92 Å². The minimum Gasteiger partial charge on any atom is -0.481 e. The molecule has 0 spiro atoms. The standard InChI is InChI=1S/C22H29N3O4/c1-15-17-4-2-3-5-18(17)23-21(15)22(28)25-9-8-19(24-10-12-29-13-11-24)16(14-25)6-7-20(26)27/h2-5,16,19,23H,6-14H2,1H3,(H,26,27)/t16-,19+/m1/s1. The van der Waals surface area contributed by atoms with Gasteiger partial charge in [-0.2, -0.15) is 0 Å². The lowest BCUT2D eigenvalue weighted by Crippen LogP contribution is -2.55. The number of aromatic nitrogens is 1. The molecular formula is C22H29N3O4. The fraction of sp³-hybridized carbons (Fsp3) is 0.545. The van der Waals surface area contributed by atoms with E-state index < -0.39 is 5.97 Å². The highest BCUT2D eigenvalue weighted by Crippen LogP contribution is 2.29. The minimum atomic E-state index is -0.777. The highest BCUT2D eigenvalue weighted by Gasteiger charge is 2.36. The summed E-state index contributed by atoms with van der Waals surface area (Å²) in [5.41, 5.74) is 2.59. The van der Waals surface area contributed by atoms with Gasteiger partial charge in [0.05, 0.1) is 13.2 Å². The molecule has 1 aromatic carbocycles. The van der Waals surface area contributed by atoms with Gasteiger partial charge in [-0.25, -0.2) is 0 Å². The van der Waals surface area contributed by atoms with E-state index in [1.54, 1.807) is 0 Å². The molecule has 7 nitrogen and oxygen atoms in total. The van der Waals surface area contributed by atoms with Gasteiger partial charge in [0.2, 0.25) is 0 Å². The number of carbonyl (C=O) groups excluding carboxylic acids is 1. The average Bonchev–Trinajstić information content (AvgIpc) is 3.09. The van der Waals surface area contributed by atoms with E-state index in [2.05, 4.69) is 9.88 Å². The van der Waals surface area contributed by atoms with Crippen LogP contribution in [-0.4, -0.2) is 77.2 Å². The zero-order valence-corrected chi connectivity index (χ0v) is 16.9. The second-order valence-electron chi connectivity index (χ2n) is 8.12. The third-order valence-electron chi connectivity index (χ3n) is 6.40. The second-order valence-corrected chi connectivity index (χ2v) is 8.12. The Balaban J connectivity index is 1.52. The Morgan fingerprint density at radius 3 is 2.69 bits per heavy atom. The second kappa shape index (κ2) is 8.55. The van der Waals surface area contributed by atoms with Crippen molar-refractivity contribution in [2.75, 3.05) is 39.4 Å². The summed E-state index contributed by atoms with van der Waals surface area (Å²) in [7, 11) is 0. The van der Waals surface area contributed by atoms with Crippen molar-refractivity contribution in [3.63, 3.8) is 0 Å². The summed E-state index contributed by atoms with van der Waals surface area (Å²) in [5.74, 6) is -0.605. The van der Waals surface area contributed by atoms with Crippen LogP contribution < -0.4 is 0 Å². The molecule has 0 unspecified atom stereocenters. The highest BCUT2D eigenvalue weighted by molar-refractivity contribution is 6.00. The number of likely N-dealkylation sites (tertiary alicyclic amines) is 1. The topological polar surface area (TPSA) is 85.9 Å². The number of benzene rings is 1. The molecular weight excluding hydrogens is 370 g/mol. The van der Waals surface area contributed by atoms with Crippen LogP contribution in [0.4, 0.5) is 0 Å². The van der Waals surface area contributed by atoms with Crippen molar-refractivity contribution >= 4 is 22.8 Å². The number of hydrogen-bond acceptors (Lipinski definition) is 4. The Bertz CT molecular complexity index is 887. The van der Waals surface area contributed by atoms with E-state index in [0.29, 0.717) is 31.2 Å². The highest BCUT2D eigenvalue weighted by atomic mass is 16.5. The summed E-state index contributed by atoms with van der Waals surface area (Å²) in [6.07, 6.45) is 1.60. The van der Waals surface area contributed by atoms with Crippen LogP contribution in [0.1, 0.15) is 35.3 Å². The molecule has 0 aliphatic carbocycles. The molecule has 2 saturated heterocycles. The maximum atomic E-state index is 13.3. The molecule has 156 valence electrons. The molecule has 0 saturated carbocycles. The predicted molar refractivity (Wildman–Crippen MR) is 110 cm³/mol. The number of nitrogens with zero attached hydrogens (tertiary/aromatic N) is 2. The van der Waals surface area contributed by atoms with E-state index >= 15 is 0 Å². The molecule has 0 radical (unpaired) electrons. The summed E-state index contributed by atoms with van der Waals surface area (Å²) < 4.78 is 5.48.